The molecule has 4 aromatic rings. The number of H-pyrrole nitrogens is 1. The first-order chi connectivity index (χ1) is 12.1. The Balaban J connectivity index is 1.90. The summed E-state index contributed by atoms with van der Waals surface area (Å²) >= 11 is 0. The largest absolute Gasteiger partial charge is 0.504 e. The predicted octanol–water partition coefficient (Wildman–Crippen LogP) is 3.52. The Labute approximate surface area is 144 Å². The van der Waals surface area contributed by atoms with Gasteiger partial charge >= 0.3 is 0 Å². The molecular formula is C19H15N5O. The van der Waals surface area contributed by atoms with Gasteiger partial charge in [0.05, 0.1) is 22.7 Å². The van der Waals surface area contributed by atoms with Gasteiger partial charge in [-0.25, -0.2) is 4.98 Å². The average Bonchev–Trinajstić information content (AvgIpc) is 3.14. The molecule has 0 amide bonds. The maximum Gasteiger partial charge on any atom is 0.173 e. The van der Waals surface area contributed by atoms with Crippen LogP contribution in [0.3, 0.4) is 0 Å². The molecule has 6 nitrogen and oxygen atoms in total. The van der Waals surface area contributed by atoms with Crippen molar-refractivity contribution in [3.05, 3.63) is 53.6 Å². The number of rotatable bonds is 2. The normalized spacial score (nSPS) is 10.9. The number of hydrogen-bond donors (Lipinski definition) is 2. The summed E-state index contributed by atoms with van der Waals surface area (Å²) in [6.45, 7) is 1.88. The summed E-state index contributed by atoms with van der Waals surface area (Å²) in [7, 11) is 1.76. The summed E-state index contributed by atoms with van der Waals surface area (Å²) in [6, 6.07) is 15.3. The van der Waals surface area contributed by atoms with Gasteiger partial charge in [0.15, 0.2) is 11.6 Å². The second kappa shape index (κ2) is 5.49. The van der Waals surface area contributed by atoms with Crippen LogP contribution in [0.5, 0.6) is 5.75 Å². The summed E-state index contributed by atoms with van der Waals surface area (Å²) in [5.74, 6) is 0.587. The number of aryl methyl sites for hydroxylation is 2. The van der Waals surface area contributed by atoms with Crippen LogP contribution in [-0.2, 0) is 7.05 Å². The van der Waals surface area contributed by atoms with Gasteiger partial charge in [-0.1, -0.05) is 30.3 Å². The molecule has 2 heterocycles. The van der Waals surface area contributed by atoms with E-state index in [2.05, 4.69) is 21.1 Å². The highest BCUT2D eigenvalue weighted by atomic mass is 16.3. The average molecular weight is 329 g/mol. The summed E-state index contributed by atoms with van der Waals surface area (Å²) in [5.41, 5.74) is 4.81. The van der Waals surface area contributed by atoms with Crippen molar-refractivity contribution in [1.82, 2.24) is 19.7 Å². The van der Waals surface area contributed by atoms with Crippen LogP contribution in [0.25, 0.3) is 33.8 Å². The van der Waals surface area contributed by atoms with Crippen LogP contribution in [0.4, 0.5) is 0 Å². The lowest BCUT2D eigenvalue weighted by atomic mass is 10.1. The molecule has 0 fully saturated rings. The van der Waals surface area contributed by atoms with E-state index in [1.54, 1.807) is 17.8 Å². The summed E-state index contributed by atoms with van der Waals surface area (Å²) in [5, 5.41) is 24.3. The number of imidazole rings is 1. The molecule has 0 saturated carbocycles. The molecule has 0 aliphatic carbocycles. The minimum Gasteiger partial charge on any atom is -0.504 e. The van der Waals surface area contributed by atoms with E-state index >= 15 is 0 Å². The van der Waals surface area contributed by atoms with Crippen molar-refractivity contribution < 1.29 is 5.11 Å². The highest BCUT2D eigenvalue weighted by Crippen LogP contribution is 2.37. The Hall–Kier alpha value is -3.59. The molecule has 25 heavy (non-hydrogen) atoms. The van der Waals surface area contributed by atoms with Crippen LogP contribution < -0.4 is 0 Å². The van der Waals surface area contributed by atoms with Gasteiger partial charge < -0.3 is 10.1 Å². The standard InChI is InChI=1S/C19H15N5O/c1-11-8-14-15(9-13(11)10-20)22-19(21-14)17-18(25)16(23-24(17)2)12-6-4-3-5-7-12/h3-9,25H,1-2H3,(H,21,22). The summed E-state index contributed by atoms with van der Waals surface area (Å²) < 4.78 is 1.60. The van der Waals surface area contributed by atoms with E-state index in [-0.39, 0.29) is 5.75 Å². The minimum atomic E-state index is 0.0741. The minimum absolute atomic E-state index is 0.0741. The molecule has 4 rings (SSSR count). The highest BCUT2D eigenvalue weighted by Gasteiger charge is 2.21. The van der Waals surface area contributed by atoms with E-state index in [0.29, 0.717) is 28.3 Å². The first kappa shape index (κ1) is 15.0. The zero-order chi connectivity index (χ0) is 17.6. The van der Waals surface area contributed by atoms with Gasteiger partial charge in [-0.05, 0) is 24.6 Å². The van der Waals surface area contributed by atoms with Crippen molar-refractivity contribution in [2.24, 2.45) is 7.05 Å². The van der Waals surface area contributed by atoms with Crippen LogP contribution in [0, 0.1) is 18.3 Å². The van der Waals surface area contributed by atoms with E-state index < -0.39 is 0 Å². The first-order valence-electron chi connectivity index (χ1n) is 7.80. The number of aromatic nitrogens is 4. The van der Waals surface area contributed by atoms with E-state index in [9.17, 15) is 10.4 Å². The lowest BCUT2D eigenvalue weighted by Gasteiger charge is -1.98. The lowest BCUT2D eigenvalue weighted by molar-refractivity contribution is 0.478. The Morgan fingerprint density at radius 1 is 1.20 bits per heavy atom. The van der Waals surface area contributed by atoms with Gasteiger partial charge in [-0.2, -0.15) is 10.4 Å². The number of aromatic amines is 1. The smallest absolute Gasteiger partial charge is 0.173 e. The topological polar surface area (TPSA) is 90.5 Å². The third kappa shape index (κ3) is 2.34. The fourth-order valence-electron chi connectivity index (χ4n) is 2.97. The van der Waals surface area contributed by atoms with E-state index in [4.69, 9.17) is 0 Å². The SMILES string of the molecule is Cc1cc2[nH]c(-c3c(O)c(-c4ccccc4)nn3C)nc2cc1C#N. The van der Waals surface area contributed by atoms with Crippen LogP contribution in [0.1, 0.15) is 11.1 Å². The Morgan fingerprint density at radius 2 is 1.96 bits per heavy atom. The number of nitrogens with one attached hydrogen (secondary N) is 1. The molecule has 2 N–H and O–H groups in total. The molecule has 0 aliphatic heterocycles. The van der Waals surface area contributed by atoms with Gasteiger partial charge in [0, 0.05) is 12.6 Å². The molecule has 0 aliphatic rings. The molecule has 2 aromatic carbocycles. The molecule has 2 aromatic heterocycles. The van der Waals surface area contributed by atoms with Gasteiger partial charge in [0.25, 0.3) is 0 Å². The third-order valence-corrected chi connectivity index (χ3v) is 4.24. The molecule has 0 saturated heterocycles. The number of benzene rings is 2. The van der Waals surface area contributed by atoms with Crippen molar-refractivity contribution in [2.75, 3.05) is 0 Å². The summed E-state index contributed by atoms with van der Waals surface area (Å²) in [6.07, 6.45) is 0. The maximum absolute atomic E-state index is 10.7. The van der Waals surface area contributed by atoms with Crippen LogP contribution in [0.2, 0.25) is 0 Å². The third-order valence-electron chi connectivity index (χ3n) is 4.24. The second-order valence-corrected chi connectivity index (χ2v) is 5.92. The number of hydrogen-bond acceptors (Lipinski definition) is 4. The van der Waals surface area contributed by atoms with Gasteiger partial charge in [-0.15, -0.1) is 0 Å². The fraction of sp³-hybridized carbons (Fsp3) is 0.105. The maximum atomic E-state index is 10.7. The first-order valence-corrected chi connectivity index (χ1v) is 7.80. The van der Waals surface area contributed by atoms with Crippen LogP contribution in [0.15, 0.2) is 42.5 Å². The molecule has 0 spiro atoms. The Kier molecular flexibility index (Phi) is 3.29. The van der Waals surface area contributed by atoms with Gasteiger partial charge in [0.2, 0.25) is 0 Å². The van der Waals surface area contributed by atoms with Crippen molar-refractivity contribution >= 4 is 11.0 Å². The Bertz CT molecular complexity index is 1130. The van der Waals surface area contributed by atoms with Gasteiger partial charge in [-0.3, -0.25) is 4.68 Å². The molecule has 6 heteroatoms. The zero-order valence-corrected chi connectivity index (χ0v) is 13.8. The quantitative estimate of drug-likeness (QED) is 0.589. The number of fused-ring (bicyclic) bond motifs is 1. The zero-order valence-electron chi connectivity index (χ0n) is 13.8. The fourth-order valence-corrected chi connectivity index (χ4v) is 2.97. The van der Waals surface area contributed by atoms with Crippen LogP contribution >= 0.6 is 0 Å². The van der Waals surface area contributed by atoms with Crippen molar-refractivity contribution in [1.29, 1.82) is 5.26 Å². The Morgan fingerprint density at radius 3 is 2.68 bits per heavy atom. The molecule has 0 bridgehead atoms. The molecular weight excluding hydrogens is 314 g/mol. The molecule has 122 valence electrons. The van der Waals surface area contributed by atoms with Crippen molar-refractivity contribution in [3.8, 4) is 34.6 Å². The van der Waals surface area contributed by atoms with E-state index in [1.165, 1.54) is 0 Å². The second-order valence-electron chi connectivity index (χ2n) is 5.92. The van der Waals surface area contributed by atoms with Gasteiger partial charge in [0.1, 0.15) is 11.4 Å². The van der Waals surface area contributed by atoms with E-state index in [1.807, 2.05) is 43.3 Å². The monoisotopic (exact) mass is 329 g/mol. The summed E-state index contributed by atoms with van der Waals surface area (Å²) in [4.78, 5) is 7.74. The van der Waals surface area contributed by atoms with Crippen molar-refractivity contribution in [3.63, 3.8) is 0 Å². The van der Waals surface area contributed by atoms with Crippen LogP contribution in [-0.4, -0.2) is 24.9 Å². The number of nitrogens with zero attached hydrogens (tertiary/aromatic N) is 4. The lowest BCUT2D eigenvalue weighted by Crippen LogP contribution is -1.95. The predicted molar refractivity (Wildman–Crippen MR) is 94.8 cm³/mol. The number of aromatic hydroxyl groups is 1. The molecule has 0 unspecified atom stereocenters. The van der Waals surface area contributed by atoms with E-state index in [0.717, 1.165) is 16.6 Å². The molecule has 0 radical (unpaired) electrons. The highest BCUT2D eigenvalue weighted by molar-refractivity contribution is 5.84. The van der Waals surface area contributed by atoms with Crippen molar-refractivity contribution in [2.45, 2.75) is 6.92 Å². The molecule has 0 atom stereocenters. The number of nitriles is 1.